The summed E-state index contributed by atoms with van der Waals surface area (Å²) in [6.07, 6.45) is -1.25. The predicted octanol–water partition coefficient (Wildman–Crippen LogP) is -4.07. The summed E-state index contributed by atoms with van der Waals surface area (Å²) in [5.41, 5.74) is 14.6. The van der Waals surface area contributed by atoms with E-state index in [1.165, 1.54) is 18.7 Å². The fourth-order valence-corrected chi connectivity index (χ4v) is 19.8. The molecule has 10 rings (SSSR count). The van der Waals surface area contributed by atoms with Gasteiger partial charge in [0.2, 0.25) is 88.6 Å². The molecule has 0 radical (unpaired) electrons. The van der Waals surface area contributed by atoms with E-state index in [2.05, 4.69) is 73.8 Å². The molecule has 782 valence electrons. The van der Waals surface area contributed by atoms with Crippen molar-refractivity contribution < 1.29 is 121 Å². The number of carboxylic acid groups (broad SMARTS) is 4. The maximum atomic E-state index is 15.7. The maximum Gasteiger partial charge on any atom is 0.317 e. The molecule has 4 aromatic carbocycles. The number of hydrogen-bond donors (Lipinski definition) is 21. The molecule has 14 atom stereocenters. The lowest BCUT2D eigenvalue weighted by Gasteiger charge is -2.32. The molecule has 23 N–H and O–H groups in total. The fourth-order valence-electron chi connectivity index (χ4n) is 17.4. The molecule has 2 aromatic heterocycles. The molecule has 4 fully saturated rings. The number of aliphatic hydroxyl groups excluding tert-OH is 1. The topological polar surface area (TPSA) is 682 Å². The zero-order chi connectivity index (χ0) is 104. The number of ether oxygens (including phenoxy) is 1. The molecule has 4 aliphatic rings. The molecule has 47 nitrogen and oxygen atoms in total. The normalized spacial score (nSPS) is 21.7. The Morgan fingerprint density at radius 2 is 1.01 bits per heavy atom. The number of morpholine rings is 1. The maximum absolute atomic E-state index is 15.7. The Morgan fingerprint density at radius 1 is 0.507 bits per heavy atom. The fraction of sp³-hybridized carbons (Fsp3) is 0.526. The van der Waals surface area contributed by atoms with Crippen LogP contribution in [0.2, 0.25) is 0 Å². The van der Waals surface area contributed by atoms with Crippen molar-refractivity contribution in [1.82, 2.24) is 103 Å². The van der Waals surface area contributed by atoms with E-state index in [0.29, 0.717) is 39.4 Å². The Balaban J connectivity index is 1.01. The highest BCUT2D eigenvalue weighted by Gasteiger charge is 2.43. The van der Waals surface area contributed by atoms with Gasteiger partial charge in [-0.2, -0.15) is 0 Å². The Bertz CT molecular complexity index is 5540. The number of hydrogen-bond acceptors (Lipinski definition) is 28. The second kappa shape index (κ2) is 55.4. The first-order chi connectivity index (χ1) is 68.8. The van der Waals surface area contributed by atoms with E-state index in [9.17, 15) is 73.5 Å². The van der Waals surface area contributed by atoms with Crippen LogP contribution in [-0.2, 0) is 115 Å². The number of fused-ring (bicyclic) bond motifs is 3. The Labute approximate surface area is 837 Å². The average Bonchev–Trinajstić information content (AvgIpc) is 1.65. The number of nitrogens with zero attached hydrogens (tertiary/aromatic N) is 6. The SMILES string of the molecule is CC[C@@H](C)[C@H](NC(=O)[C@@H](NC(=O)[C@H](Cc1c[nH]c2ccccc12)NC(C)=O)[C@@H](C)O)C(=O)N[C@H]1CSSC[C@@H](C(=O)N[C@@H](Cc2c[nH]c3ccccc23)C(=O)N2CCC[C@H]2C(N)=O)NC(=O)[C@H](CC(=O)O)NC(=O)[C@H](CCCCNC(=O)CN2CCN(CC(=O)O)CCN(CC(=O)O)CCN(CC(=O)O)CC2)NC(=O)[C@H](Cc2ccc3ccccc3c2)NC(=O)[C@H](CC(N)=O)NC(=O)[C@H](CN2CCOCC2)NC1=O. The molecule has 0 aliphatic carbocycles. The number of likely N-dealkylation sites (tertiary alicyclic amines) is 1. The lowest BCUT2D eigenvalue weighted by Crippen LogP contribution is -2.63. The molecule has 0 spiro atoms. The number of nitrogens with one attached hydrogen (secondary N) is 14. The largest absolute Gasteiger partial charge is 0.481 e. The molecule has 4 saturated heterocycles. The van der Waals surface area contributed by atoms with E-state index >= 15 is 43.2 Å². The number of aliphatic carboxylic acids is 4. The molecule has 4 aliphatic heterocycles. The number of nitrogens with two attached hydrogens (primary N) is 2. The van der Waals surface area contributed by atoms with Gasteiger partial charge in [-0.15, -0.1) is 0 Å². The number of aromatic nitrogens is 2. The van der Waals surface area contributed by atoms with E-state index in [1.54, 1.807) is 142 Å². The highest BCUT2D eigenvalue weighted by Crippen LogP contribution is 2.28. The molecular formula is C95H130N22O25S2. The van der Waals surface area contributed by atoms with E-state index in [-0.39, 0.29) is 143 Å². The Morgan fingerprint density at radius 3 is 1.58 bits per heavy atom. The van der Waals surface area contributed by atoms with Crippen LogP contribution in [0, 0.1) is 5.92 Å². The molecule has 15 amide bonds. The van der Waals surface area contributed by atoms with Gasteiger partial charge in [-0.05, 0) is 84.5 Å². The number of primary amides is 2. The summed E-state index contributed by atoms with van der Waals surface area (Å²) in [5.74, 6) is -22.6. The Kier molecular flexibility index (Phi) is 43.3. The molecule has 6 aromatic rings. The van der Waals surface area contributed by atoms with Gasteiger partial charge in [0.1, 0.15) is 72.5 Å². The van der Waals surface area contributed by atoms with Gasteiger partial charge in [-0.25, -0.2) is 0 Å². The number of carboxylic acids is 4. The number of amides is 15. The zero-order valence-corrected chi connectivity index (χ0v) is 82.2. The molecular weight excluding hydrogens is 1910 g/mol. The lowest BCUT2D eigenvalue weighted by molar-refractivity contribution is -0.142. The number of H-pyrrole nitrogens is 2. The Hall–Kier alpha value is -13.4. The van der Waals surface area contributed by atoms with E-state index in [4.69, 9.17) is 16.2 Å². The van der Waals surface area contributed by atoms with Crippen molar-refractivity contribution in [1.29, 1.82) is 0 Å². The third kappa shape index (κ3) is 34.7. The second-order valence-electron chi connectivity index (χ2n) is 36.3. The average molecular weight is 2040 g/mol. The van der Waals surface area contributed by atoms with Gasteiger partial charge in [-0.1, -0.05) is 121 Å². The first kappa shape index (κ1) is 113. The van der Waals surface area contributed by atoms with Gasteiger partial charge in [0, 0.05) is 157 Å². The summed E-state index contributed by atoms with van der Waals surface area (Å²) in [6, 6.07) is 5.51. The van der Waals surface area contributed by atoms with Crippen LogP contribution in [-0.4, -0.2) is 392 Å². The summed E-state index contributed by atoms with van der Waals surface area (Å²) < 4.78 is 5.63. The van der Waals surface area contributed by atoms with Crippen molar-refractivity contribution in [3.63, 3.8) is 0 Å². The van der Waals surface area contributed by atoms with Gasteiger partial charge >= 0.3 is 23.9 Å². The number of aliphatic hydroxyl groups is 1. The number of benzene rings is 4. The van der Waals surface area contributed by atoms with Crippen molar-refractivity contribution in [2.24, 2.45) is 17.4 Å². The summed E-state index contributed by atoms with van der Waals surface area (Å²) in [6.45, 7) is 4.93. The van der Waals surface area contributed by atoms with Gasteiger partial charge in [0.15, 0.2) is 0 Å². The van der Waals surface area contributed by atoms with Gasteiger partial charge in [0.05, 0.1) is 58.3 Å². The first-order valence-corrected chi connectivity index (χ1v) is 50.3. The van der Waals surface area contributed by atoms with Crippen LogP contribution in [0.1, 0.15) is 95.8 Å². The number of rotatable bonds is 39. The van der Waals surface area contributed by atoms with Crippen molar-refractivity contribution in [2.75, 3.05) is 136 Å². The standard InChI is InChI=1S/C95H130N22O25S2/c1-5-54(2)82(110-94(140)83(55(3)118)111-89(135)68(101-56(4)119)41-60-45-99-64-19-10-8-17-62(60)64)93(139)109-74-53-144-143-52-73(91(137)106-71(95(141)117-26-14-22-75(117)84(97)130)42-61-46-100-65-20-11-9-18-63(61)65)108-88(134)70(44-78(122)123)105-85(131)66(21-12-13-25-98-77(121)48-112-27-29-113(49-79(124)125)31-33-115(51-81(128)129)34-32-114(30-28-112)50-80(126)127)102-86(132)67(40-57-23-24-58-15-6-7-16-59(58)39-57)103-87(133)69(43-76(96)120)104-90(136)72(107-92(74)138)47-116-35-37-142-38-36-116/h6-11,15-20,23-24,39,45-46,54-55,66-75,82-83,99-100,118H,5,12-14,21-22,25-38,40-44,47-53H2,1-4H3,(H2,96,120)(H2,97,130)(H,98,121)(H,101,119)(H,102,132)(H,103,133)(H,104,136)(H,105,131)(H,106,137)(H,107,138)(H,108,134)(H,109,139)(H,110,140)(H,111,135)(H,122,123)(H,124,125)(H,126,127)(H,128,129)/t54-,55-,66+,67+,68+,69+,70+,71+,72+,73+,74+,75+,82+,83+/m1/s1. The number of aromatic amines is 2. The minimum atomic E-state index is -2.18. The third-order valence-electron chi connectivity index (χ3n) is 25.4. The number of para-hydroxylation sites is 2. The van der Waals surface area contributed by atoms with Crippen LogP contribution in [0.3, 0.4) is 0 Å². The summed E-state index contributed by atoms with van der Waals surface area (Å²) in [5, 5.41) is 85.7. The molecule has 0 unspecified atom stereocenters. The van der Waals surface area contributed by atoms with Gasteiger partial charge in [-0.3, -0.25) is 116 Å². The van der Waals surface area contributed by atoms with E-state index < -0.39 is 254 Å². The summed E-state index contributed by atoms with van der Waals surface area (Å²) >= 11 is 0. The van der Waals surface area contributed by atoms with Crippen LogP contribution in [0.4, 0.5) is 0 Å². The van der Waals surface area contributed by atoms with Crippen LogP contribution in [0.15, 0.2) is 103 Å². The number of carbonyl (C=O) groups excluding carboxylic acids is 15. The quantitative estimate of drug-likeness (QED) is 0.0129. The monoisotopic (exact) mass is 2040 g/mol. The molecule has 0 bridgehead atoms. The number of unbranched alkanes of at least 4 members (excludes halogenated alkanes) is 1. The zero-order valence-electron chi connectivity index (χ0n) is 80.6. The van der Waals surface area contributed by atoms with Crippen LogP contribution in [0.5, 0.6) is 0 Å². The second-order valence-corrected chi connectivity index (χ2v) is 38.9. The first-order valence-electron chi connectivity index (χ1n) is 47.8. The van der Waals surface area contributed by atoms with Gasteiger partial charge < -0.3 is 120 Å². The van der Waals surface area contributed by atoms with Crippen LogP contribution >= 0.6 is 21.6 Å². The summed E-state index contributed by atoms with van der Waals surface area (Å²) in [7, 11) is 1.51. The smallest absolute Gasteiger partial charge is 0.317 e. The van der Waals surface area contributed by atoms with Crippen molar-refractivity contribution in [3.05, 3.63) is 120 Å². The van der Waals surface area contributed by atoms with E-state index in [1.807, 2.05) is 0 Å². The predicted molar refractivity (Wildman–Crippen MR) is 527 cm³/mol. The summed E-state index contributed by atoms with van der Waals surface area (Å²) in [4.78, 5) is 287. The van der Waals surface area contributed by atoms with Crippen LogP contribution < -0.4 is 75.3 Å². The van der Waals surface area contributed by atoms with Crippen LogP contribution in [0.25, 0.3) is 32.6 Å². The third-order valence-corrected chi connectivity index (χ3v) is 27.8. The molecule has 144 heavy (non-hydrogen) atoms. The van der Waals surface area contributed by atoms with E-state index in [0.717, 1.165) is 37.9 Å². The minimum absolute atomic E-state index is 0.0160. The molecule has 0 saturated carbocycles. The number of carbonyl (C=O) groups is 19. The van der Waals surface area contributed by atoms with Crippen molar-refractivity contribution in [2.45, 2.75) is 177 Å². The highest BCUT2D eigenvalue weighted by atomic mass is 33.1. The minimum Gasteiger partial charge on any atom is -0.481 e. The van der Waals surface area contributed by atoms with Crippen molar-refractivity contribution >= 4 is 167 Å². The molecule has 6 heterocycles. The van der Waals surface area contributed by atoms with Crippen molar-refractivity contribution in [3.8, 4) is 0 Å². The van der Waals surface area contributed by atoms with Gasteiger partial charge in [0.25, 0.3) is 0 Å². The molecule has 49 heteroatoms. The highest BCUT2D eigenvalue weighted by molar-refractivity contribution is 8.76. The lowest BCUT2D eigenvalue weighted by atomic mass is 9.97.